The topological polar surface area (TPSA) is 76.6 Å². The minimum atomic E-state index is -0.432. The summed E-state index contributed by atoms with van der Waals surface area (Å²) in [4.78, 5) is 37.8. The maximum atomic E-state index is 14.8. The molecular formula is C63H64BN4O4. The number of aryl methyl sites for hydroxylation is 1. The molecule has 0 heterocycles. The highest BCUT2D eigenvalue weighted by Gasteiger charge is 2.28. The largest absolute Gasteiger partial charge is 0.569 e. The second-order valence-corrected chi connectivity index (χ2v) is 20.6. The van der Waals surface area contributed by atoms with Gasteiger partial charge in [-0.2, -0.15) is 0 Å². The second kappa shape index (κ2) is 21.2. The van der Waals surface area contributed by atoms with Crippen molar-refractivity contribution in [2.45, 2.75) is 72.4 Å². The van der Waals surface area contributed by atoms with Crippen molar-refractivity contribution < 1.29 is 19.3 Å². The van der Waals surface area contributed by atoms with Crippen LogP contribution in [-0.2, 0) is 44.7 Å². The first-order chi connectivity index (χ1) is 34.7. The summed E-state index contributed by atoms with van der Waals surface area (Å²) in [6, 6.07) is 56.3. The van der Waals surface area contributed by atoms with Crippen molar-refractivity contribution in [2.24, 2.45) is 0 Å². The van der Waals surface area contributed by atoms with Crippen molar-refractivity contribution in [3.8, 4) is 5.75 Å². The molecule has 0 aliphatic rings. The zero-order chi connectivity index (χ0) is 50.7. The molecule has 9 aromatic carbocycles. The van der Waals surface area contributed by atoms with E-state index in [-0.39, 0.29) is 11.8 Å². The highest BCUT2D eigenvalue weighted by molar-refractivity contribution is 6.17. The summed E-state index contributed by atoms with van der Waals surface area (Å²) in [5.74, 6) is 0.381. The predicted octanol–water partition coefficient (Wildman–Crippen LogP) is 12.6. The molecule has 0 atom stereocenters. The molecule has 0 aliphatic heterocycles. The van der Waals surface area contributed by atoms with Gasteiger partial charge in [-0.25, -0.2) is 0 Å². The lowest BCUT2D eigenvalue weighted by Gasteiger charge is -2.28. The van der Waals surface area contributed by atoms with Gasteiger partial charge in [-0.05, 0) is 139 Å². The lowest BCUT2D eigenvalue weighted by Crippen LogP contribution is -2.31. The molecule has 1 N–H and O–H groups in total. The number of carbonyl (C=O) groups is 2. The molecular weight excluding hydrogens is 888 g/mol. The van der Waals surface area contributed by atoms with Crippen molar-refractivity contribution >= 4 is 62.6 Å². The fourth-order valence-electron chi connectivity index (χ4n) is 10.5. The monoisotopic (exact) mass is 952 g/mol. The van der Waals surface area contributed by atoms with Gasteiger partial charge in [0.05, 0.1) is 5.75 Å². The molecule has 363 valence electrons. The summed E-state index contributed by atoms with van der Waals surface area (Å²) < 4.78 is 5.11. The van der Waals surface area contributed by atoms with Crippen molar-refractivity contribution in [2.75, 3.05) is 28.2 Å². The SMILES string of the molecule is Cc1ccc(CN(C)Cc2c3ccccc3c(CN(C)C(=O)c3ccc(C(=O)N(C)Cc4c5ccccc5c(CN(C)Cc5ccc(O[B]O)cc5)c5ccccc45)cc3C(C)(C)C)c3ccccc23)cc1. The van der Waals surface area contributed by atoms with Gasteiger partial charge in [0.1, 0.15) is 0 Å². The first-order valence-electron chi connectivity index (χ1n) is 24.8. The molecule has 0 saturated carbocycles. The second-order valence-electron chi connectivity index (χ2n) is 20.6. The average molecular weight is 952 g/mol. The van der Waals surface area contributed by atoms with Crippen LogP contribution in [0.15, 0.2) is 164 Å². The molecule has 2 amide bonds. The Labute approximate surface area is 425 Å². The van der Waals surface area contributed by atoms with Crippen LogP contribution in [0.2, 0.25) is 0 Å². The summed E-state index contributed by atoms with van der Waals surface area (Å²) in [7, 11) is 8.75. The number of amides is 2. The Bertz CT molecular complexity index is 3320. The van der Waals surface area contributed by atoms with E-state index in [0.29, 0.717) is 44.2 Å². The third-order valence-corrected chi connectivity index (χ3v) is 14.1. The van der Waals surface area contributed by atoms with Crippen LogP contribution in [0.25, 0.3) is 43.1 Å². The number of hydrogen-bond acceptors (Lipinski definition) is 6. The fraction of sp³-hybridized carbons (Fsp3) is 0.238. The van der Waals surface area contributed by atoms with Gasteiger partial charge in [-0.1, -0.05) is 160 Å². The molecule has 0 unspecified atom stereocenters. The molecule has 0 aliphatic carbocycles. The van der Waals surface area contributed by atoms with Gasteiger partial charge in [0.15, 0.2) is 0 Å². The van der Waals surface area contributed by atoms with E-state index < -0.39 is 5.41 Å². The van der Waals surface area contributed by atoms with Crippen LogP contribution in [0.1, 0.15) is 86.0 Å². The zero-order valence-corrected chi connectivity index (χ0v) is 42.9. The number of carbonyl (C=O) groups excluding carboxylic acids is 2. The highest BCUT2D eigenvalue weighted by Crippen LogP contribution is 2.38. The van der Waals surface area contributed by atoms with Crippen molar-refractivity contribution in [3.05, 3.63) is 219 Å². The number of hydrogen-bond donors (Lipinski definition) is 1. The maximum absolute atomic E-state index is 14.8. The average Bonchev–Trinajstić information content (AvgIpc) is 3.38. The Hall–Kier alpha value is -7.30. The third kappa shape index (κ3) is 10.5. The van der Waals surface area contributed by atoms with E-state index >= 15 is 0 Å². The van der Waals surface area contributed by atoms with Gasteiger partial charge < -0.3 is 19.5 Å². The smallest absolute Gasteiger partial charge is 0.537 e. The molecule has 9 rings (SSSR count). The first kappa shape index (κ1) is 49.7. The molecule has 1 radical (unpaired) electrons. The van der Waals surface area contributed by atoms with Gasteiger partial charge in [0.2, 0.25) is 0 Å². The van der Waals surface area contributed by atoms with E-state index in [2.05, 4.69) is 173 Å². The first-order valence-corrected chi connectivity index (χ1v) is 24.8. The van der Waals surface area contributed by atoms with Gasteiger partial charge in [-0.15, -0.1) is 0 Å². The standard InChI is InChI=1S/C63H64BN4O4/c1-42-25-27-43(28-26-42)36-65(5)38-56-49-19-11-15-23-53(49)59(54-24-16-12-20-50(54)56)41-68(8)62(70)55-34-31-45(35-60(55)63(2,3)4)61(69)67(7)40-58-51-21-13-9-17-47(51)57(48-18-10-14-22-52(48)58)39-66(6)37-44-29-32-46(33-30-44)72-64-71/h9-35,71H,36-41H2,1-8H3. The molecule has 0 bridgehead atoms. The summed E-state index contributed by atoms with van der Waals surface area (Å²) in [6.45, 7) is 12.3. The van der Waals surface area contributed by atoms with Crippen LogP contribution in [0.4, 0.5) is 0 Å². The van der Waals surface area contributed by atoms with Crippen molar-refractivity contribution in [3.63, 3.8) is 0 Å². The lowest BCUT2D eigenvalue weighted by atomic mass is 9.82. The van der Waals surface area contributed by atoms with Gasteiger partial charge in [-0.3, -0.25) is 19.4 Å². The van der Waals surface area contributed by atoms with Crippen LogP contribution in [0.3, 0.4) is 0 Å². The molecule has 0 saturated heterocycles. The maximum Gasteiger partial charge on any atom is 0.569 e. The number of rotatable bonds is 16. The summed E-state index contributed by atoms with van der Waals surface area (Å²) in [5, 5.41) is 18.2. The number of nitrogens with zero attached hydrogens (tertiary/aromatic N) is 4. The summed E-state index contributed by atoms with van der Waals surface area (Å²) >= 11 is 0. The minimum Gasteiger partial charge on any atom is -0.537 e. The molecule has 0 spiro atoms. The lowest BCUT2D eigenvalue weighted by molar-refractivity contribution is 0.0772. The van der Waals surface area contributed by atoms with E-state index in [9.17, 15) is 9.59 Å². The van der Waals surface area contributed by atoms with Crippen LogP contribution in [0, 0.1) is 6.92 Å². The Morgan fingerprint density at radius 3 is 1.21 bits per heavy atom. The number of benzene rings is 9. The van der Waals surface area contributed by atoms with E-state index in [0.717, 1.165) is 74.2 Å². The Morgan fingerprint density at radius 1 is 0.472 bits per heavy atom. The third-order valence-electron chi connectivity index (χ3n) is 14.1. The van der Waals surface area contributed by atoms with Crippen LogP contribution in [-0.4, -0.2) is 72.3 Å². The molecule has 9 heteroatoms. The highest BCUT2D eigenvalue weighted by atomic mass is 16.5. The molecule has 0 aromatic heterocycles. The predicted molar refractivity (Wildman–Crippen MR) is 296 cm³/mol. The van der Waals surface area contributed by atoms with Gasteiger partial charge in [0.25, 0.3) is 11.8 Å². The van der Waals surface area contributed by atoms with Crippen LogP contribution < -0.4 is 4.65 Å². The molecule has 9 aromatic rings. The van der Waals surface area contributed by atoms with E-state index in [1.807, 2.05) is 61.5 Å². The van der Waals surface area contributed by atoms with Gasteiger partial charge >= 0.3 is 7.69 Å². The Kier molecular flexibility index (Phi) is 14.6. The van der Waals surface area contributed by atoms with Crippen molar-refractivity contribution in [1.29, 1.82) is 0 Å². The number of fused-ring (bicyclic) bond motifs is 4. The van der Waals surface area contributed by atoms with E-state index in [1.54, 1.807) is 4.90 Å². The Balaban J connectivity index is 0.974. The zero-order valence-electron chi connectivity index (χ0n) is 42.9. The quantitative estimate of drug-likeness (QED) is 0.0768. The molecule has 72 heavy (non-hydrogen) atoms. The summed E-state index contributed by atoms with van der Waals surface area (Å²) in [6.07, 6.45) is 0. The van der Waals surface area contributed by atoms with Crippen molar-refractivity contribution in [1.82, 2.24) is 19.6 Å². The van der Waals surface area contributed by atoms with E-state index in [1.165, 1.54) is 33.0 Å². The van der Waals surface area contributed by atoms with Crippen LogP contribution >= 0.6 is 0 Å². The van der Waals surface area contributed by atoms with Crippen LogP contribution in [0.5, 0.6) is 5.75 Å². The summed E-state index contributed by atoms with van der Waals surface area (Å²) in [5.41, 5.74) is 9.91. The normalized spacial score (nSPS) is 11.8. The fourth-order valence-corrected chi connectivity index (χ4v) is 10.5. The minimum absolute atomic E-state index is 0.0876. The molecule has 8 nitrogen and oxygen atoms in total. The molecule has 0 fully saturated rings. The Morgan fingerprint density at radius 2 is 0.833 bits per heavy atom. The van der Waals surface area contributed by atoms with E-state index in [4.69, 9.17) is 9.68 Å². The van der Waals surface area contributed by atoms with Gasteiger partial charge in [0, 0.05) is 64.5 Å².